The maximum atomic E-state index is 13.8. The smallest absolute Gasteiger partial charge is 0.326 e. The van der Waals surface area contributed by atoms with Crippen molar-refractivity contribution in [1.29, 1.82) is 0 Å². The van der Waals surface area contributed by atoms with E-state index in [1.807, 2.05) is 13.8 Å². The van der Waals surface area contributed by atoms with Crippen molar-refractivity contribution in [2.75, 3.05) is 26.2 Å². The van der Waals surface area contributed by atoms with Crippen LogP contribution in [0.3, 0.4) is 0 Å². The van der Waals surface area contributed by atoms with E-state index in [0.29, 0.717) is 64.6 Å². The van der Waals surface area contributed by atoms with Crippen LogP contribution in [-0.2, 0) is 28.8 Å². The average Bonchev–Trinajstić information content (AvgIpc) is 3.76. The second-order valence-electron chi connectivity index (χ2n) is 12.0. The van der Waals surface area contributed by atoms with Gasteiger partial charge in [0, 0.05) is 19.6 Å². The number of hydrogen-bond acceptors (Lipinski definition) is 7. The third kappa shape index (κ3) is 6.65. The van der Waals surface area contributed by atoms with Crippen LogP contribution in [0.25, 0.3) is 0 Å². The molecule has 41 heavy (non-hydrogen) atoms. The highest BCUT2D eigenvalue weighted by Crippen LogP contribution is 2.29. The Balaban J connectivity index is 1.41. The molecular formula is C28H44N6O7. The number of carboxylic acid groups (broad SMARTS) is 1. The van der Waals surface area contributed by atoms with Gasteiger partial charge in [0.1, 0.15) is 30.2 Å². The SMILES string of the molecule is CC(C)[C@H](NC(=O)[C@H](C)NC(=O)[C@@H]1CCCN1)C(=O)N1CCC[C@H]1C(=O)N1CCC[C@H]1C(=O)N1CCC[C@H]1C(=O)O. The average molecular weight is 577 g/mol. The van der Waals surface area contributed by atoms with Crippen LogP contribution in [-0.4, -0.2) is 118 Å². The largest absolute Gasteiger partial charge is 0.480 e. The van der Waals surface area contributed by atoms with Gasteiger partial charge in [-0.1, -0.05) is 13.8 Å². The molecule has 4 fully saturated rings. The lowest BCUT2D eigenvalue weighted by atomic mass is 10.0. The Morgan fingerprint density at radius 2 is 1.27 bits per heavy atom. The summed E-state index contributed by atoms with van der Waals surface area (Å²) in [6.45, 7) is 7.04. The van der Waals surface area contributed by atoms with E-state index < -0.39 is 42.1 Å². The van der Waals surface area contributed by atoms with Crippen LogP contribution in [0.2, 0.25) is 0 Å². The lowest BCUT2D eigenvalue weighted by Gasteiger charge is -2.35. The number of carboxylic acids is 1. The minimum atomic E-state index is -1.04. The zero-order valence-electron chi connectivity index (χ0n) is 24.3. The van der Waals surface area contributed by atoms with Crippen LogP contribution in [0, 0.1) is 5.92 Å². The number of hydrogen-bond donors (Lipinski definition) is 4. The van der Waals surface area contributed by atoms with Gasteiger partial charge >= 0.3 is 5.97 Å². The lowest BCUT2D eigenvalue weighted by molar-refractivity contribution is -0.154. The van der Waals surface area contributed by atoms with Crippen molar-refractivity contribution >= 4 is 35.5 Å². The highest BCUT2D eigenvalue weighted by Gasteiger charge is 2.46. The Bertz CT molecular complexity index is 1040. The fraction of sp³-hybridized carbons (Fsp3) is 0.786. The van der Waals surface area contributed by atoms with Crippen molar-refractivity contribution in [2.24, 2.45) is 5.92 Å². The highest BCUT2D eigenvalue weighted by molar-refractivity contribution is 5.97. The van der Waals surface area contributed by atoms with E-state index in [-0.39, 0.29) is 35.6 Å². The first-order valence-corrected chi connectivity index (χ1v) is 15.0. The van der Waals surface area contributed by atoms with Gasteiger partial charge in [-0.15, -0.1) is 0 Å². The predicted octanol–water partition coefficient (Wildman–Crippen LogP) is -0.558. The Morgan fingerprint density at radius 3 is 1.80 bits per heavy atom. The van der Waals surface area contributed by atoms with Gasteiger partial charge in [0.2, 0.25) is 29.5 Å². The van der Waals surface area contributed by atoms with E-state index >= 15 is 0 Å². The Hall–Kier alpha value is -3.22. The third-order valence-electron chi connectivity index (χ3n) is 8.82. The minimum Gasteiger partial charge on any atom is -0.480 e. The van der Waals surface area contributed by atoms with Gasteiger partial charge in [-0.05, 0) is 70.8 Å². The van der Waals surface area contributed by atoms with Crippen LogP contribution in [0.1, 0.15) is 72.1 Å². The quantitative estimate of drug-likeness (QED) is 0.283. The highest BCUT2D eigenvalue weighted by atomic mass is 16.4. The summed E-state index contributed by atoms with van der Waals surface area (Å²) in [6.07, 6.45) is 4.75. The maximum absolute atomic E-state index is 13.8. The van der Waals surface area contributed by atoms with Gasteiger partial charge in [-0.3, -0.25) is 24.0 Å². The van der Waals surface area contributed by atoms with E-state index in [9.17, 15) is 33.9 Å². The number of rotatable bonds is 9. The van der Waals surface area contributed by atoms with Gasteiger partial charge in [-0.25, -0.2) is 4.79 Å². The number of aliphatic carboxylic acids is 1. The fourth-order valence-corrected chi connectivity index (χ4v) is 6.50. The molecule has 228 valence electrons. The minimum absolute atomic E-state index is 0.249. The molecule has 4 saturated heterocycles. The lowest BCUT2D eigenvalue weighted by Crippen LogP contribution is -2.59. The van der Waals surface area contributed by atoms with Crippen LogP contribution in [0.15, 0.2) is 0 Å². The standard InChI is InChI=1S/C28H44N6O7/c1-16(2)22(31-23(35)17(3)30-24(36)18-8-4-12-29-18)27(39)33-14-6-10-20(33)25(37)32-13-5-9-19(32)26(38)34-15-7-11-21(34)28(40)41/h16-22,29H,4-15H2,1-3H3,(H,30,36)(H,31,35)(H,40,41)/t17-,18-,19-,20-,21-,22-/m0/s1. The molecule has 0 bridgehead atoms. The monoisotopic (exact) mass is 576 g/mol. The first-order valence-electron chi connectivity index (χ1n) is 15.0. The predicted molar refractivity (Wildman–Crippen MR) is 147 cm³/mol. The normalized spacial score (nSPS) is 27.7. The van der Waals surface area contributed by atoms with E-state index in [2.05, 4.69) is 16.0 Å². The summed E-state index contributed by atoms with van der Waals surface area (Å²) < 4.78 is 0. The molecule has 6 atom stereocenters. The molecule has 0 aromatic heterocycles. The number of likely N-dealkylation sites (tertiary alicyclic amines) is 3. The maximum Gasteiger partial charge on any atom is 0.326 e. The molecule has 13 heteroatoms. The second kappa shape index (κ2) is 13.2. The topological polar surface area (TPSA) is 168 Å². The van der Waals surface area contributed by atoms with E-state index in [1.165, 1.54) is 14.7 Å². The molecular weight excluding hydrogens is 532 g/mol. The summed E-state index contributed by atoms with van der Waals surface area (Å²) in [4.78, 5) is 82.4. The van der Waals surface area contributed by atoms with Gasteiger partial charge < -0.3 is 35.8 Å². The molecule has 0 radical (unpaired) electrons. The first kappa shape index (κ1) is 30.7. The molecule has 5 amide bonds. The third-order valence-corrected chi connectivity index (χ3v) is 8.82. The molecule has 4 heterocycles. The fourth-order valence-electron chi connectivity index (χ4n) is 6.50. The van der Waals surface area contributed by atoms with Crippen molar-refractivity contribution in [2.45, 2.75) is 108 Å². The molecule has 4 aliphatic heterocycles. The number of amides is 5. The number of carbonyl (C=O) groups excluding carboxylic acids is 5. The summed E-state index contributed by atoms with van der Waals surface area (Å²) in [5.74, 6) is -3.05. The van der Waals surface area contributed by atoms with Crippen molar-refractivity contribution in [3.8, 4) is 0 Å². The summed E-state index contributed by atoms with van der Waals surface area (Å²) in [6, 6.07) is -4.43. The molecule has 13 nitrogen and oxygen atoms in total. The second-order valence-corrected chi connectivity index (χ2v) is 12.0. The summed E-state index contributed by atoms with van der Waals surface area (Å²) in [5, 5.41) is 18.1. The van der Waals surface area contributed by atoms with Crippen molar-refractivity contribution in [1.82, 2.24) is 30.7 Å². The molecule has 0 unspecified atom stereocenters. The van der Waals surface area contributed by atoms with Gasteiger partial charge in [-0.2, -0.15) is 0 Å². The zero-order chi connectivity index (χ0) is 29.8. The summed E-state index contributed by atoms with van der Waals surface area (Å²) >= 11 is 0. The van der Waals surface area contributed by atoms with Crippen LogP contribution < -0.4 is 16.0 Å². The molecule has 4 aliphatic rings. The van der Waals surface area contributed by atoms with E-state index in [0.717, 1.165) is 13.0 Å². The molecule has 0 aromatic rings. The molecule has 0 aliphatic carbocycles. The molecule has 0 aromatic carbocycles. The van der Waals surface area contributed by atoms with Gasteiger partial charge in [0.15, 0.2) is 0 Å². The molecule has 0 saturated carbocycles. The van der Waals surface area contributed by atoms with Crippen molar-refractivity contribution in [3.05, 3.63) is 0 Å². The summed E-state index contributed by atoms with van der Waals surface area (Å²) in [7, 11) is 0. The number of carbonyl (C=O) groups is 6. The number of nitrogens with zero attached hydrogens (tertiary/aromatic N) is 3. The van der Waals surface area contributed by atoms with Crippen molar-refractivity contribution < 1.29 is 33.9 Å². The Morgan fingerprint density at radius 1 is 0.732 bits per heavy atom. The van der Waals surface area contributed by atoms with Gasteiger partial charge in [0.25, 0.3) is 0 Å². The van der Waals surface area contributed by atoms with Crippen molar-refractivity contribution in [3.63, 3.8) is 0 Å². The first-order chi connectivity index (χ1) is 19.5. The van der Waals surface area contributed by atoms with Crippen LogP contribution in [0.4, 0.5) is 0 Å². The zero-order valence-corrected chi connectivity index (χ0v) is 24.3. The number of nitrogens with one attached hydrogen (secondary N) is 3. The van der Waals surface area contributed by atoms with E-state index in [1.54, 1.807) is 6.92 Å². The Kier molecular flexibility index (Phi) is 9.88. The molecule has 4 rings (SSSR count). The van der Waals surface area contributed by atoms with Crippen LogP contribution >= 0.6 is 0 Å². The van der Waals surface area contributed by atoms with Gasteiger partial charge in [0.05, 0.1) is 6.04 Å². The Labute approximate surface area is 240 Å². The van der Waals surface area contributed by atoms with Crippen LogP contribution in [0.5, 0.6) is 0 Å². The molecule has 4 N–H and O–H groups in total. The van der Waals surface area contributed by atoms with E-state index in [4.69, 9.17) is 0 Å². The molecule has 0 spiro atoms. The summed E-state index contributed by atoms with van der Waals surface area (Å²) in [5.41, 5.74) is 0.